The second-order valence-corrected chi connectivity index (χ2v) is 23.7. The van der Waals surface area contributed by atoms with Crippen LogP contribution in [-0.4, -0.2) is 31.6 Å². The van der Waals surface area contributed by atoms with Gasteiger partial charge in [0.25, 0.3) is 6.71 Å². The molecule has 6 nitrogen and oxygen atoms in total. The second-order valence-electron chi connectivity index (χ2n) is 22.6. The molecule has 0 saturated carbocycles. The monoisotopic (exact) mass is 914 g/mol. The van der Waals surface area contributed by atoms with Crippen LogP contribution in [0.25, 0.3) is 66.5 Å². The Morgan fingerprint density at radius 3 is 1.62 bits per heavy atom. The van der Waals surface area contributed by atoms with Gasteiger partial charge in [-0.1, -0.05) is 104 Å². The minimum Gasteiger partial charge on any atom is -0.311 e. The van der Waals surface area contributed by atoms with E-state index in [1.54, 1.807) is 12.4 Å². The van der Waals surface area contributed by atoms with Crippen molar-refractivity contribution in [2.75, 3.05) is 4.90 Å². The van der Waals surface area contributed by atoms with Crippen molar-refractivity contribution < 1.29 is 0 Å². The summed E-state index contributed by atoms with van der Waals surface area (Å²) in [6.07, 6.45) is 11.9. The Labute approximate surface area is 410 Å². The number of hydrogen-bond acceptors (Lipinski definition) is 7. The molecule has 13 rings (SSSR count). The number of nitrogens with zero attached hydrogens (tertiary/aromatic N) is 6. The molecule has 6 heterocycles. The van der Waals surface area contributed by atoms with Gasteiger partial charge in [0.15, 0.2) is 17.5 Å². The summed E-state index contributed by atoms with van der Waals surface area (Å²) in [4.78, 5) is 27.3. The van der Waals surface area contributed by atoms with Gasteiger partial charge in [0.05, 0.1) is 5.69 Å². The van der Waals surface area contributed by atoms with E-state index in [0.29, 0.717) is 17.5 Å². The minimum atomic E-state index is -0.00269. The van der Waals surface area contributed by atoms with Crippen LogP contribution in [-0.2, 0) is 21.7 Å². The summed E-state index contributed by atoms with van der Waals surface area (Å²) in [5.74, 6) is 1.76. The van der Waals surface area contributed by atoms with Gasteiger partial charge in [-0.3, -0.25) is 9.97 Å². The number of aromatic nitrogens is 5. The highest BCUT2D eigenvalue weighted by Gasteiger charge is 2.47. The van der Waals surface area contributed by atoms with E-state index in [9.17, 15) is 0 Å². The summed E-state index contributed by atoms with van der Waals surface area (Å²) in [7, 11) is 0. The molecule has 338 valence electrons. The molecule has 0 unspecified atom stereocenters. The lowest BCUT2D eigenvalue weighted by atomic mass is 9.39. The normalized spacial score (nSPS) is 17.4. The van der Waals surface area contributed by atoms with Crippen molar-refractivity contribution in [1.82, 2.24) is 24.9 Å². The number of rotatable bonds is 5. The van der Waals surface area contributed by atoms with E-state index in [0.717, 1.165) is 36.0 Å². The molecule has 9 aromatic rings. The molecule has 0 N–H and O–H groups in total. The first-order valence-corrected chi connectivity index (χ1v) is 25.5. The molecule has 4 aliphatic rings. The van der Waals surface area contributed by atoms with Gasteiger partial charge < -0.3 is 4.90 Å². The highest BCUT2D eigenvalue weighted by molar-refractivity contribution is 7.34. The molecule has 0 bridgehead atoms. The van der Waals surface area contributed by atoms with E-state index < -0.39 is 0 Å². The number of pyridine rings is 2. The van der Waals surface area contributed by atoms with Crippen LogP contribution in [0.2, 0.25) is 0 Å². The minimum absolute atomic E-state index is 0.00269. The Bertz CT molecular complexity index is 3520. The standard InChI is InChI=1S/C61H55BN6S/c1-58(2)22-24-60(5,6)45-32-49(40(30-43(45)58)36-16-10-9-11-17-36)68-48-21-13-12-20-47(48)62-53-42(52-41-31-44-46(33-51(41)69-54(52)62)61(7,8)25-23-59(44,3)4)28-39(29-50(53)68)57-66-55(37-18-14-26-63-34-37)65-56(67-57)38-19-15-27-64-35-38/h9-21,26-35H,22-25H2,1-8H3. The van der Waals surface area contributed by atoms with Crippen LogP contribution >= 0.6 is 11.3 Å². The van der Waals surface area contributed by atoms with Gasteiger partial charge in [-0.05, 0) is 169 Å². The van der Waals surface area contributed by atoms with Crippen LogP contribution in [0.5, 0.6) is 0 Å². The fourth-order valence-electron chi connectivity index (χ4n) is 12.3. The van der Waals surface area contributed by atoms with Gasteiger partial charge in [0, 0.05) is 68.5 Å². The van der Waals surface area contributed by atoms with Crippen molar-refractivity contribution >= 4 is 60.9 Å². The number of anilines is 3. The highest BCUT2D eigenvalue weighted by atomic mass is 32.1. The van der Waals surface area contributed by atoms with E-state index in [1.807, 2.05) is 48.0 Å². The first kappa shape index (κ1) is 42.3. The van der Waals surface area contributed by atoms with Gasteiger partial charge in [0.2, 0.25) is 0 Å². The molecular weight excluding hydrogens is 860 g/mol. The van der Waals surface area contributed by atoms with E-state index in [1.165, 1.54) is 93.8 Å². The Hall–Kier alpha value is -6.77. The van der Waals surface area contributed by atoms with Crippen LogP contribution in [0.4, 0.5) is 17.1 Å². The fraction of sp³-hybridized carbons (Fsp3) is 0.262. The first-order valence-electron chi connectivity index (χ1n) is 24.7. The predicted octanol–water partition coefficient (Wildman–Crippen LogP) is 13.5. The quantitative estimate of drug-likeness (QED) is 0.160. The van der Waals surface area contributed by atoms with E-state index in [-0.39, 0.29) is 28.4 Å². The van der Waals surface area contributed by atoms with Crippen LogP contribution in [0.1, 0.15) is 103 Å². The number of hydrogen-bond donors (Lipinski definition) is 0. The third kappa shape index (κ3) is 6.47. The summed E-state index contributed by atoms with van der Waals surface area (Å²) >= 11 is 2.00. The third-order valence-corrected chi connectivity index (χ3v) is 17.6. The van der Waals surface area contributed by atoms with Gasteiger partial charge >= 0.3 is 0 Å². The fourth-order valence-corrected chi connectivity index (χ4v) is 13.6. The van der Waals surface area contributed by atoms with E-state index in [2.05, 4.69) is 161 Å². The van der Waals surface area contributed by atoms with Crippen molar-refractivity contribution in [1.29, 1.82) is 0 Å². The molecule has 0 radical (unpaired) electrons. The molecule has 0 fully saturated rings. The summed E-state index contributed by atoms with van der Waals surface area (Å²) in [6.45, 7) is 19.6. The zero-order valence-corrected chi connectivity index (χ0v) is 41.6. The molecule has 0 spiro atoms. The highest BCUT2D eigenvalue weighted by Crippen LogP contribution is 2.54. The summed E-state index contributed by atoms with van der Waals surface area (Å²) in [5.41, 5.74) is 20.0. The van der Waals surface area contributed by atoms with Crippen molar-refractivity contribution in [2.24, 2.45) is 0 Å². The lowest BCUT2D eigenvalue weighted by Crippen LogP contribution is -2.54. The Kier molecular flexibility index (Phi) is 9.13. The molecule has 8 heteroatoms. The van der Waals surface area contributed by atoms with Crippen LogP contribution in [0.3, 0.4) is 0 Å². The summed E-state index contributed by atoms with van der Waals surface area (Å²) in [5, 5.41) is 1.35. The molecule has 0 atom stereocenters. The van der Waals surface area contributed by atoms with Gasteiger partial charge in [-0.2, -0.15) is 0 Å². The molecule has 69 heavy (non-hydrogen) atoms. The van der Waals surface area contributed by atoms with E-state index >= 15 is 0 Å². The summed E-state index contributed by atoms with van der Waals surface area (Å²) in [6, 6.07) is 43.2. The average molecular weight is 915 g/mol. The Morgan fingerprint density at radius 1 is 0.478 bits per heavy atom. The van der Waals surface area contributed by atoms with Crippen LogP contribution < -0.4 is 20.6 Å². The molecule has 0 saturated heterocycles. The molecule has 2 aliphatic carbocycles. The summed E-state index contributed by atoms with van der Waals surface area (Å²) < 4.78 is 2.79. The van der Waals surface area contributed by atoms with Gasteiger partial charge in [-0.25, -0.2) is 15.0 Å². The maximum atomic E-state index is 5.34. The van der Waals surface area contributed by atoms with Crippen molar-refractivity contribution in [3.63, 3.8) is 0 Å². The largest absolute Gasteiger partial charge is 0.311 e. The number of para-hydroxylation sites is 1. The smallest absolute Gasteiger partial charge is 0.260 e. The van der Waals surface area contributed by atoms with Crippen LogP contribution in [0, 0.1) is 0 Å². The molecule has 2 aliphatic heterocycles. The maximum absolute atomic E-state index is 5.34. The van der Waals surface area contributed by atoms with Crippen molar-refractivity contribution in [3.8, 4) is 56.4 Å². The number of thiophene rings is 1. The Balaban J connectivity index is 1.15. The zero-order valence-electron chi connectivity index (χ0n) is 40.8. The predicted molar refractivity (Wildman–Crippen MR) is 288 cm³/mol. The SMILES string of the molecule is CC1(C)CCC(C)(C)c2cc(N3c4ccccc4B4c5sc6cc7c(cc6c5-c5cc(-c6nc(-c8cccnc8)nc(-c8cccnc8)n6)cc3c54)C(C)(C)CCC7(C)C)c(-c3ccccc3)cc21. The van der Waals surface area contributed by atoms with E-state index in [4.69, 9.17) is 15.0 Å². The Morgan fingerprint density at radius 2 is 1.01 bits per heavy atom. The average Bonchev–Trinajstić information content (AvgIpc) is 3.89. The first-order chi connectivity index (χ1) is 33.2. The molecule has 4 aromatic heterocycles. The lowest BCUT2D eigenvalue weighted by Gasteiger charge is -2.44. The zero-order chi connectivity index (χ0) is 47.2. The molecule has 5 aromatic carbocycles. The lowest BCUT2D eigenvalue weighted by molar-refractivity contribution is 0.332. The van der Waals surface area contributed by atoms with Gasteiger partial charge in [0.1, 0.15) is 0 Å². The molecular formula is C61H55BN6S. The number of fused-ring (bicyclic) bond motifs is 9. The van der Waals surface area contributed by atoms with Crippen molar-refractivity contribution in [3.05, 3.63) is 162 Å². The van der Waals surface area contributed by atoms with Gasteiger partial charge in [-0.15, -0.1) is 11.3 Å². The molecule has 0 amide bonds. The van der Waals surface area contributed by atoms with Crippen molar-refractivity contribution in [2.45, 2.75) is 103 Å². The topological polar surface area (TPSA) is 67.7 Å². The second kappa shape index (κ2) is 14.9. The third-order valence-electron chi connectivity index (χ3n) is 16.4. The number of benzene rings is 5. The van der Waals surface area contributed by atoms with Crippen LogP contribution in [0.15, 0.2) is 140 Å². The maximum Gasteiger partial charge on any atom is 0.260 e.